The van der Waals surface area contributed by atoms with Crippen LogP contribution in [0.2, 0.25) is 0 Å². The standard InChI is InChI=1S/C17H20BrN3O3/c1-21(9-10-24-15-6-4-14(23-2)5-7-15)12-17(22)20-16-8-3-13(18)11-19-16/h3-8,11H,9-10,12H2,1-2H3,(H,19,20,22). The number of rotatable bonds is 8. The van der Waals surface area contributed by atoms with Crippen LogP contribution in [0.15, 0.2) is 47.1 Å². The van der Waals surface area contributed by atoms with Crippen LogP contribution in [0.25, 0.3) is 0 Å². The summed E-state index contributed by atoms with van der Waals surface area (Å²) in [6.45, 7) is 1.39. The number of nitrogens with zero attached hydrogens (tertiary/aromatic N) is 2. The van der Waals surface area contributed by atoms with Crippen molar-refractivity contribution in [2.75, 3.05) is 39.2 Å². The van der Waals surface area contributed by atoms with E-state index < -0.39 is 0 Å². The summed E-state index contributed by atoms with van der Waals surface area (Å²) in [4.78, 5) is 17.9. The van der Waals surface area contributed by atoms with Crippen molar-refractivity contribution in [3.05, 3.63) is 47.1 Å². The zero-order valence-corrected chi connectivity index (χ0v) is 15.2. The van der Waals surface area contributed by atoms with Gasteiger partial charge in [0.25, 0.3) is 0 Å². The van der Waals surface area contributed by atoms with Crippen LogP contribution in [0, 0.1) is 0 Å². The van der Waals surface area contributed by atoms with Crippen molar-refractivity contribution < 1.29 is 14.3 Å². The number of aromatic nitrogens is 1. The van der Waals surface area contributed by atoms with E-state index in [0.717, 1.165) is 16.0 Å². The molecule has 2 aromatic rings. The Morgan fingerprint density at radius 1 is 1.21 bits per heavy atom. The zero-order valence-electron chi connectivity index (χ0n) is 13.7. The molecule has 0 bridgehead atoms. The molecule has 0 unspecified atom stereocenters. The van der Waals surface area contributed by atoms with Gasteiger partial charge in [0.1, 0.15) is 23.9 Å². The van der Waals surface area contributed by atoms with Crippen LogP contribution in [0.5, 0.6) is 11.5 Å². The van der Waals surface area contributed by atoms with Crippen LogP contribution < -0.4 is 14.8 Å². The third-order valence-electron chi connectivity index (χ3n) is 3.21. The van der Waals surface area contributed by atoms with Gasteiger partial charge in [-0.15, -0.1) is 0 Å². The number of carbonyl (C=O) groups is 1. The Morgan fingerprint density at radius 3 is 2.54 bits per heavy atom. The smallest absolute Gasteiger partial charge is 0.239 e. The molecule has 1 amide bonds. The van der Waals surface area contributed by atoms with Gasteiger partial charge in [-0.1, -0.05) is 0 Å². The molecule has 0 atom stereocenters. The topological polar surface area (TPSA) is 63.7 Å². The van der Waals surface area contributed by atoms with E-state index in [4.69, 9.17) is 9.47 Å². The summed E-state index contributed by atoms with van der Waals surface area (Å²) in [5.41, 5.74) is 0. The lowest BCUT2D eigenvalue weighted by atomic mass is 10.3. The highest BCUT2D eigenvalue weighted by molar-refractivity contribution is 9.10. The summed E-state index contributed by atoms with van der Waals surface area (Å²) >= 11 is 3.30. The van der Waals surface area contributed by atoms with Gasteiger partial charge in [0.05, 0.1) is 13.7 Å². The number of carbonyl (C=O) groups excluding carboxylic acids is 1. The third kappa shape index (κ3) is 6.17. The summed E-state index contributed by atoms with van der Waals surface area (Å²) in [5, 5.41) is 2.75. The summed E-state index contributed by atoms with van der Waals surface area (Å²) in [6.07, 6.45) is 1.64. The average Bonchev–Trinajstić information content (AvgIpc) is 2.57. The van der Waals surface area contributed by atoms with Gasteiger partial charge in [0, 0.05) is 17.2 Å². The number of ether oxygens (including phenoxy) is 2. The normalized spacial score (nSPS) is 10.5. The van der Waals surface area contributed by atoms with E-state index in [1.165, 1.54) is 0 Å². The number of hydrogen-bond acceptors (Lipinski definition) is 5. The fourth-order valence-corrected chi connectivity index (χ4v) is 2.18. The number of anilines is 1. The summed E-state index contributed by atoms with van der Waals surface area (Å²) in [5.74, 6) is 1.98. The average molecular weight is 394 g/mol. The van der Waals surface area contributed by atoms with Gasteiger partial charge in [-0.2, -0.15) is 0 Å². The Labute approximate surface area is 149 Å². The molecule has 6 nitrogen and oxygen atoms in total. The molecular weight excluding hydrogens is 374 g/mol. The van der Waals surface area contributed by atoms with Crippen molar-refractivity contribution in [3.63, 3.8) is 0 Å². The minimum atomic E-state index is -0.114. The zero-order chi connectivity index (χ0) is 17.4. The molecule has 0 radical (unpaired) electrons. The van der Waals surface area contributed by atoms with Gasteiger partial charge in [-0.3, -0.25) is 9.69 Å². The van der Waals surface area contributed by atoms with E-state index in [1.54, 1.807) is 19.4 Å². The number of benzene rings is 1. The van der Waals surface area contributed by atoms with Gasteiger partial charge < -0.3 is 14.8 Å². The quantitative estimate of drug-likeness (QED) is 0.746. The second-order valence-corrected chi connectivity index (χ2v) is 6.09. The highest BCUT2D eigenvalue weighted by atomic mass is 79.9. The molecule has 1 aromatic carbocycles. The monoisotopic (exact) mass is 393 g/mol. The van der Waals surface area contributed by atoms with Crippen molar-refractivity contribution >= 4 is 27.7 Å². The lowest BCUT2D eigenvalue weighted by molar-refractivity contribution is -0.117. The first-order valence-electron chi connectivity index (χ1n) is 7.43. The minimum absolute atomic E-state index is 0.114. The predicted molar refractivity (Wildman–Crippen MR) is 96.6 cm³/mol. The molecule has 128 valence electrons. The maximum atomic E-state index is 12.0. The molecule has 2 rings (SSSR count). The maximum Gasteiger partial charge on any atom is 0.239 e. The van der Waals surface area contributed by atoms with E-state index in [0.29, 0.717) is 19.0 Å². The molecule has 0 aliphatic rings. The molecular formula is C17H20BrN3O3. The molecule has 1 aromatic heterocycles. The third-order valence-corrected chi connectivity index (χ3v) is 3.68. The Kier molecular flexibility index (Phi) is 7.02. The van der Waals surface area contributed by atoms with Crippen LogP contribution in [-0.4, -0.2) is 49.6 Å². The number of pyridine rings is 1. The summed E-state index contributed by atoms with van der Waals surface area (Å²) in [6, 6.07) is 11.0. The number of likely N-dealkylation sites (N-methyl/N-ethyl adjacent to an activating group) is 1. The lowest BCUT2D eigenvalue weighted by Crippen LogP contribution is -2.33. The minimum Gasteiger partial charge on any atom is -0.497 e. The van der Waals surface area contributed by atoms with Crippen molar-refractivity contribution in [2.45, 2.75) is 0 Å². The largest absolute Gasteiger partial charge is 0.497 e. The van der Waals surface area contributed by atoms with Gasteiger partial charge in [-0.25, -0.2) is 4.98 Å². The van der Waals surface area contributed by atoms with Gasteiger partial charge in [0.15, 0.2) is 0 Å². The number of amides is 1. The predicted octanol–water partition coefficient (Wildman–Crippen LogP) is 2.80. The van der Waals surface area contributed by atoms with E-state index in [2.05, 4.69) is 26.2 Å². The summed E-state index contributed by atoms with van der Waals surface area (Å²) < 4.78 is 11.6. The molecule has 0 aliphatic heterocycles. The van der Waals surface area contributed by atoms with Crippen LogP contribution in [-0.2, 0) is 4.79 Å². The number of halogens is 1. The molecule has 0 spiro atoms. The lowest BCUT2D eigenvalue weighted by Gasteiger charge is -2.16. The first kappa shape index (κ1) is 18.2. The van der Waals surface area contributed by atoms with Crippen molar-refractivity contribution in [1.29, 1.82) is 0 Å². The molecule has 1 N–H and O–H groups in total. The van der Waals surface area contributed by atoms with E-state index in [-0.39, 0.29) is 12.5 Å². The molecule has 0 saturated heterocycles. The SMILES string of the molecule is COc1ccc(OCCN(C)CC(=O)Nc2ccc(Br)cn2)cc1. The van der Waals surface area contributed by atoms with Crippen LogP contribution in [0.3, 0.4) is 0 Å². The van der Waals surface area contributed by atoms with Crippen molar-refractivity contribution in [2.24, 2.45) is 0 Å². The first-order chi connectivity index (χ1) is 11.6. The van der Waals surface area contributed by atoms with Crippen molar-refractivity contribution in [1.82, 2.24) is 9.88 Å². The van der Waals surface area contributed by atoms with Gasteiger partial charge in [0.2, 0.25) is 5.91 Å². The second-order valence-electron chi connectivity index (χ2n) is 5.17. The molecule has 0 saturated carbocycles. The Hall–Kier alpha value is -2.12. The molecule has 0 fully saturated rings. The van der Waals surface area contributed by atoms with E-state index >= 15 is 0 Å². The summed E-state index contributed by atoms with van der Waals surface area (Å²) in [7, 11) is 3.49. The Balaban J connectivity index is 1.69. The number of nitrogens with one attached hydrogen (secondary N) is 1. The van der Waals surface area contributed by atoms with E-state index in [9.17, 15) is 4.79 Å². The van der Waals surface area contributed by atoms with Gasteiger partial charge in [-0.05, 0) is 59.4 Å². The molecule has 7 heteroatoms. The first-order valence-corrected chi connectivity index (χ1v) is 8.23. The fourth-order valence-electron chi connectivity index (χ4n) is 1.95. The van der Waals surface area contributed by atoms with Crippen LogP contribution in [0.4, 0.5) is 5.82 Å². The van der Waals surface area contributed by atoms with Gasteiger partial charge >= 0.3 is 0 Å². The van der Waals surface area contributed by atoms with Crippen LogP contribution >= 0.6 is 15.9 Å². The Morgan fingerprint density at radius 2 is 1.92 bits per heavy atom. The van der Waals surface area contributed by atoms with Crippen LogP contribution in [0.1, 0.15) is 0 Å². The number of methoxy groups -OCH3 is 1. The molecule has 0 aliphatic carbocycles. The fraction of sp³-hybridized carbons (Fsp3) is 0.294. The Bertz CT molecular complexity index is 647. The van der Waals surface area contributed by atoms with E-state index in [1.807, 2.05) is 42.3 Å². The highest BCUT2D eigenvalue weighted by Gasteiger charge is 2.08. The molecule has 1 heterocycles. The maximum absolute atomic E-state index is 12.0. The van der Waals surface area contributed by atoms with Crippen molar-refractivity contribution in [3.8, 4) is 11.5 Å². The molecule has 24 heavy (non-hydrogen) atoms. The second kappa shape index (κ2) is 9.24. The highest BCUT2D eigenvalue weighted by Crippen LogP contribution is 2.16. The number of hydrogen-bond donors (Lipinski definition) is 1.